The van der Waals surface area contributed by atoms with Crippen LogP contribution in [-0.4, -0.2) is 50.8 Å². The minimum atomic E-state index is -3.65. The Labute approximate surface area is 193 Å². The molecular weight excluding hydrogens is 449 g/mol. The number of methoxy groups -OCH3 is 1. The number of piperidine rings is 1. The molecule has 1 aliphatic heterocycles. The van der Waals surface area contributed by atoms with Crippen LogP contribution in [0.15, 0.2) is 53.4 Å². The molecule has 2 amide bonds. The van der Waals surface area contributed by atoms with Gasteiger partial charge in [-0.15, -0.1) is 0 Å². The van der Waals surface area contributed by atoms with E-state index in [4.69, 9.17) is 4.74 Å². The molecule has 0 aliphatic carbocycles. The number of hydrogen-bond acceptors (Lipinski definition) is 5. The molecule has 0 bridgehead atoms. The highest BCUT2D eigenvalue weighted by Crippen LogP contribution is 2.25. The number of amides is 2. The molecule has 0 aromatic heterocycles. The van der Waals surface area contributed by atoms with E-state index in [1.807, 2.05) is 0 Å². The molecule has 1 heterocycles. The Hall–Kier alpha value is -2.98. The van der Waals surface area contributed by atoms with Gasteiger partial charge in [-0.3, -0.25) is 9.59 Å². The van der Waals surface area contributed by atoms with Gasteiger partial charge >= 0.3 is 0 Å². The van der Waals surface area contributed by atoms with Crippen LogP contribution < -0.4 is 15.4 Å². The highest BCUT2D eigenvalue weighted by atomic mass is 32.2. The van der Waals surface area contributed by atoms with Crippen LogP contribution in [0.25, 0.3) is 0 Å². The number of benzene rings is 2. The zero-order valence-corrected chi connectivity index (χ0v) is 19.4. The largest absolute Gasteiger partial charge is 0.497 e. The normalized spacial score (nSPS) is 16.1. The summed E-state index contributed by atoms with van der Waals surface area (Å²) in [4.78, 5) is 25.1. The molecule has 0 radical (unpaired) electrons. The second-order valence-electron chi connectivity index (χ2n) is 7.93. The Morgan fingerprint density at radius 2 is 1.70 bits per heavy atom. The first-order chi connectivity index (χ1) is 15.7. The molecule has 0 unspecified atom stereocenters. The van der Waals surface area contributed by atoms with Crippen LogP contribution in [0.2, 0.25) is 0 Å². The van der Waals surface area contributed by atoms with Gasteiger partial charge in [0.15, 0.2) is 0 Å². The number of sulfonamides is 1. The topological polar surface area (TPSA) is 105 Å². The van der Waals surface area contributed by atoms with Gasteiger partial charge in [0.25, 0.3) is 0 Å². The van der Waals surface area contributed by atoms with Gasteiger partial charge in [-0.25, -0.2) is 12.8 Å². The van der Waals surface area contributed by atoms with Crippen molar-refractivity contribution in [2.45, 2.75) is 37.2 Å². The van der Waals surface area contributed by atoms with Crippen molar-refractivity contribution >= 4 is 21.8 Å². The lowest BCUT2D eigenvalue weighted by Crippen LogP contribution is -2.49. The number of nitrogens with one attached hydrogen (secondary N) is 2. The summed E-state index contributed by atoms with van der Waals surface area (Å²) < 4.78 is 45.1. The summed E-state index contributed by atoms with van der Waals surface area (Å²) in [6.45, 7) is 2.25. The Morgan fingerprint density at radius 1 is 1.09 bits per heavy atom. The van der Waals surface area contributed by atoms with Crippen LogP contribution in [0.1, 0.15) is 25.3 Å². The maximum Gasteiger partial charge on any atom is 0.243 e. The van der Waals surface area contributed by atoms with Gasteiger partial charge in [0.1, 0.15) is 17.6 Å². The quantitative estimate of drug-likeness (QED) is 0.606. The summed E-state index contributed by atoms with van der Waals surface area (Å²) in [6, 6.07) is 11.2. The van der Waals surface area contributed by atoms with Crippen LogP contribution in [0.5, 0.6) is 5.75 Å². The summed E-state index contributed by atoms with van der Waals surface area (Å²) >= 11 is 0. The van der Waals surface area contributed by atoms with Gasteiger partial charge in [0.2, 0.25) is 21.8 Å². The highest BCUT2D eigenvalue weighted by molar-refractivity contribution is 7.89. The van der Waals surface area contributed by atoms with Crippen LogP contribution in [0.3, 0.4) is 0 Å². The number of ether oxygens (including phenoxy) is 1. The molecule has 3 rings (SSSR count). The lowest BCUT2D eigenvalue weighted by molar-refractivity contribution is -0.131. The SMILES string of the molecule is COc1ccc(S(=O)(=O)N2CCC(C(=O)N[C@H](C)C(=O)NCc3ccc(F)cc3)CC2)cc1. The summed E-state index contributed by atoms with van der Waals surface area (Å²) in [5.41, 5.74) is 0.744. The van der Waals surface area contributed by atoms with Crippen LogP contribution >= 0.6 is 0 Å². The number of carbonyl (C=O) groups excluding carboxylic acids is 2. The van der Waals surface area contributed by atoms with Crippen LogP contribution in [0.4, 0.5) is 4.39 Å². The molecule has 0 spiro atoms. The summed E-state index contributed by atoms with van der Waals surface area (Å²) in [5, 5.41) is 5.41. The van der Waals surface area contributed by atoms with Crippen molar-refractivity contribution in [3.63, 3.8) is 0 Å². The molecule has 33 heavy (non-hydrogen) atoms. The molecule has 1 saturated heterocycles. The lowest BCUT2D eigenvalue weighted by Gasteiger charge is -2.31. The van der Waals surface area contributed by atoms with Crippen molar-refractivity contribution < 1.29 is 27.1 Å². The van der Waals surface area contributed by atoms with E-state index < -0.39 is 16.1 Å². The fraction of sp³-hybridized carbons (Fsp3) is 0.391. The minimum absolute atomic E-state index is 0.178. The molecule has 1 atom stereocenters. The predicted molar refractivity (Wildman–Crippen MR) is 120 cm³/mol. The monoisotopic (exact) mass is 477 g/mol. The number of halogens is 1. The highest BCUT2D eigenvalue weighted by Gasteiger charge is 2.33. The summed E-state index contributed by atoms with van der Waals surface area (Å²) in [6.07, 6.45) is 0.732. The van der Waals surface area contributed by atoms with Gasteiger partial charge in [0, 0.05) is 25.6 Å². The molecule has 2 aromatic rings. The second kappa shape index (κ2) is 10.8. The van der Waals surface area contributed by atoms with Crippen molar-refractivity contribution in [3.05, 3.63) is 59.9 Å². The zero-order chi connectivity index (χ0) is 24.0. The molecule has 1 aliphatic rings. The number of nitrogens with zero attached hydrogens (tertiary/aromatic N) is 1. The lowest BCUT2D eigenvalue weighted by atomic mass is 9.97. The Balaban J connectivity index is 1.48. The Kier molecular flexibility index (Phi) is 8.04. The number of rotatable bonds is 8. The van der Waals surface area contributed by atoms with Gasteiger partial charge < -0.3 is 15.4 Å². The molecule has 2 N–H and O–H groups in total. The summed E-state index contributed by atoms with van der Waals surface area (Å²) in [5.74, 6) is -0.790. The van der Waals surface area contributed by atoms with Gasteiger partial charge in [-0.2, -0.15) is 4.31 Å². The van der Waals surface area contributed by atoms with Crippen molar-refractivity contribution in [2.24, 2.45) is 5.92 Å². The van der Waals surface area contributed by atoms with E-state index in [0.29, 0.717) is 18.6 Å². The third kappa shape index (κ3) is 6.29. The van der Waals surface area contributed by atoms with Crippen molar-refractivity contribution in [3.8, 4) is 5.75 Å². The molecule has 2 aromatic carbocycles. The third-order valence-corrected chi connectivity index (χ3v) is 7.57. The zero-order valence-electron chi connectivity index (χ0n) is 18.6. The van der Waals surface area contributed by atoms with Crippen molar-refractivity contribution in [2.75, 3.05) is 20.2 Å². The fourth-order valence-electron chi connectivity index (χ4n) is 3.60. The molecule has 8 nitrogen and oxygen atoms in total. The van der Waals surface area contributed by atoms with Crippen LogP contribution in [0, 0.1) is 11.7 Å². The van der Waals surface area contributed by atoms with E-state index in [1.54, 1.807) is 31.2 Å². The number of carbonyl (C=O) groups is 2. The predicted octanol–water partition coefficient (Wildman–Crippen LogP) is 2.06. The molecule has 178 valence electrons. The maximum atomic E-state index is 13.0. The van der Waals surface area contributed by atoms with E-state index in [0.717, 1.165) is 5.56 Å². The van der Waals surface area contributed by atoms with Crippen molar-refractivity contribution in [1.29, 1.82) is 0 Å². The Bertz CT molecular complexity index is 1070. The van der Waals surface area contributed by atoms with E-state index >= 15 is 0 Å². The first-order valence-corrected chi connectivity index (χ1v) is 12.1. The molecule has 10 heteroatoms. The average Bonchev–Trinajstić information content (AvgIpc) is 2.83. The van der Waals surface area contributed by atoms with Crippen LogP contribution in [-0.2, 0) is 26.2 Å². The maximum absolute atomic E-state index is 13.0. The average molecular weight is 478 g/mol. The van der Waals surface area contributed by atoms with Gasteiger partial charge in [-0.1, -0.05) is 12.1 Å². The summed E-state index contributed by atoms with van der Waals surface area (Å²) in [7, 11) is -2.14. The van der Waals surface area contributed by atoms with Gasteiger partial charge in [-0.05, 0) is 61.7 Å². The third-order valence-electron chi connectivity index (χ3n) is 5.65. The van der Waals surface area contributed by atoms with E-state index in [1.165, 1.54) is 35.7 Å². The van der Waals surface area contributed by atoms with Crippen molar-refractivity contribution in [1.82, 2.24) is 14.9 Å². The Morgan fingerprint density at radius 3 is 2.27 bits per heavy atom. The van der Waals surface area contributed by atoms with E-state index in [2.05, 4.69) is 10.6 Å². The first kappa shape index (κ1) is 24.7. The smallest absolute Gasteiger partial charge is 0.243 e. The van der Waals surface area contributed by atoms with Gasteiger partial charge in [0.05, 0.1) is 12.0 Å². The molecular formula is C23H28FN3O5S. The minimum Gasteiger partial charge on any atom is -0.497 e. The molecule has 0 saturated carbocycles. The standard InChI is InChI=1S/C23H28FN3O5S/c1-16(22(28)25-15-17-3-5-19(24)6-4-17)26-23(29)18-11-13-27(14-12-18)33(30,31)21-9-7-20(32-2)8-10-21/h3-10,16,18H,11-15H2,1-2H3,(H,25,28)(H,26,29)/t16-/m1/s1. The fourth-order valence-corrected chi connectivity index (χ4v) is 5.07. The second-order valence-corrected chi connectivity index (χ2v) is 9.87. The number of hydrogen-bond donors (Lipinski definition) is 2. The first-order valence-electron chi connectivity index (χ1n) is 10.7. The molecule has 1 fully saturated rings. The van der Waals surface area contributed by atoms with E-state index in [-0.39, 0.29) is 48.1 Å². The van der Waals surface area contributed by atoms with E-state index in [9.17, 15) is 22.4 Å².